The normalized spacial score (nSPS) is 14.5. The number of unbranched alkanes of at least 4 members (excludes halogenated alkanes) is 4. The summed E-state index contributed by atoms with van der Waals surface area (Å²) in [6.45, 7) is 24.2. The topological polar surface area (TPSA) is 18.5 Å². The number of hydrogen-bond donors (Lipinski definition) is 0. The number of hydrogen-bond acceptors (Lipinski definition) is 2. The SMILES string of the molecule is CCCCCC(O[Si](c1ccccc1)(c1ccccc1)C(C)(C)C)/C(C)=C\C/C=C/CCCCO[Si](C)(C)C(C)(C)C. The summed E-state index contributed by atoms with van der Waals surface area (Å²) in [5, 5.41) is 2.98. The summed E-state index contributed by atoms with van der Waals surface area (Å²) in [5.74, 6) is 0. The largest absolute Gasteiger partial charge is 0.417 e. The summed E-state index contributed by atoms with van der Waals surface area (Å²) in [5.41, 5.74) is 1.37. The Morgan fingerprint density at radius 3 is 1.83 bits per heavy atom. The maximum atomic E-state index is 7.59. The molecular weight excluding hydrogens is 545 g/mol. The van der Waals surface area contributed by atoms with Gasteiger partial charge in [-0.3, -0.25) is 0 Å². The smallest absolute Gasteiger partial charge is 0.261 e. The van der Waals surface area contributed by atoms with Crippen molar-refractivity contribution in [3.8, 4) is 0 Å². The molecule has 0 fully saturated rings. The zero-order chi connectivity index (χ0) is 31.3. The van der Waals surface area contributed by atoms with Crippen LogP contribution in [0.1, 0.15) is 107 Å². The van der Waals surface area contributed by atoms with E-state index in [9.17, 15) is 0 Å². The van der Waals surface area contributed by atoms with Gasteiger partial charge in [0.15, 0.2) is 8.32 Å². The first-order valence-corrected chi connectivity index (χ1v) is 21.3. The highest BCUT2D eigenvalue weighted by atomic mass is 28.4. The molecule has 0 aliphatic carbocycles. The molecule has 0 saturated carbocycles. The van der Waals surface area contributed by atoms with Gasteiger partial charge in [0, 0.05) is 6.61 Å². The van der Waals surface area contributed by atoms with Gasteiger partial charge in [-0.05, 0) is 78.1 Å². The lowest BCUT2D eigenvalue weighted by Crippen LogP contribution is -2.67. The van der Waals surface area contributed by atoms with E-state index in [1.165, 1.54) is 41.6 Å². The van der Waals surface area contributed by atoms with Crippen molar-refractivity contribution >= 4 is 27.0 Å². The van der Waals surface area contributed by atoms with Crippen LogP contribution in [0, 0.1) is 0 Å². The van der Waals surface area contributed by atoms with Crippen LogP contribution < -0.4 is 10.4 Å². The van der Waals surface area contributed by atoms with Crippen molar-refractivity contribution in [1.82, 2.24) is 0 Å². The Balaban J connectivity index is 2.17. The molecule has 2 aromatic rings. The van der Waals surface area contributed by atoms with Crippen LogP contribution in [-0.2, 0) is 8.85 Å². The highest BCUT2D eigenvalue weighted by molar-refractivity contribution is 6.99. The van der Waals surface area contributed by atoms with Gasteiger partial charge >= 0.3 is 0 Å². The van der Waals surface area contributed by atoms with Crippen LogP contribution in [0.3, 0.4) is 0 Å². The average Bonchev–Trinajstić information content (AvgIpc) is 2.93. The molecule has 234 valence electrons. The molecule has 0 saturated heterocycles. The Bertz CT molecular complexity index is 1040. The Morgan fingerprint density at radius 1 is 0.762 bits per heavy atom. The zero-order valence-corrected chi connectivity index (χ0v) is 30.8. The lowest BCUT2D eigenvalue weighted by atomic mass is 10.0. The van der Waals surface area contributed by atoms with Gasteiger partial charge in [0.05, 0.1) is 6.10 Å². The standard InChI is InChI=1S/C38H62O2Si2/c1-11-12-19-31-36(33(2)26-20-15-13-14-16-25-32-39-41(9,10)37(3,4)5)40-42(38(6,7)8,34-27-21-17-22-28-34)35-29-23-18-24-30-35/h13,15,17-18,21-24,26-30,36H,11-12,14,16,19-20,25,31-32H2,1-10H3/b15-13+,33-26-. The molecule has 0 heterocycles. The second-order valence-corrected chi connectivity index (χ2v) is 23.6. The molecule has 2 rings (SSSR count). The van der Waals surface area contributed by atoms with Crippen molar-refractivity contribution in [1.29, 1.82) is 0 Å². The Morgan fingerprint density at radius 2 is 1.33 bits per heavy atom. The fourth-order valence-electron chi connectivity index (χ4n) is 5.37. The van der Waals surface area contributed by atoms with E-state index in [-0.39, 0.29) is 16.2 Å². The van der Waals surface area contributed by atoms with Crippen LogP contribution in [0.4, 0.5) is 0 Å². The summed E-state index contributed by atoms with van der Waals surface area (Å²) in [4.78, 5) is 0. The van der Waals surface area contributed by atoms with Crippen LogP contribution in [0.5, 0.6) is 0 Å². The van der Waals surface area contributed by atoms with Gasteiger partial charge in [-0.25, -0.2) is 0 Å². The van der Waals surface area contributed by atoms with Crippen LogP contribution in [-0.4, -0.2) is 29.3 Å². The number of benzene rings is 2. The molecule has 1 unspecified atom stereocenters. The van der Waals surface area contributed by atoms with Crippen LogP contribution in [0.25, 0.3) is 0 Å². The Hall–Kier alpha value is -1.73. The van der Waals surface area contributed by atoms with E-state index in [1.54, 1.807) is 0 Å². The monoisotopic (exact) mass is 606 g/mol. The molecular formula is C38H62O2Si2. The highest BCUT2D eigenvalue weighted by Gasteiger charge is 2.51. The predicted molar refractivity (Wildman–Crippen MR) is 191 cm³/mol. The van der Waals surface area contributed by atoms with Gasteiger partial charge in [0.2, 0.25) is 0 Å². The molecule has 0 bridgehead atoms. The maximum absolute atomic E-state index is 7.59. The molecule has 4 heteroatoms. The van der Waals surface area contributed by atoms with E-state index in [4.69, 9.17) is 8.85 Å². The van der Waals surface area contributed by atoms with Crippen molar-refractivity contribution in [2.75, 3.05) is 6.61 Å². The number of allylic oxidation sites excluding steroid dienone is 3. The summed E-state index contributed by atoms with van der Waals surface area (Å²) in [7, 11) is -4.23. The molecule has 0 aliphatic heterocycles. The maximum Gasteiger partial charge on any atom is 0.261 e. The Labute approximate surface area is 262 Å². The summed E-state index contributed by atoms with van der Waals surface area (Å²) < 4.78 is 13.9. The molecule has 2 aromatic carbocycles. The highest BCUT2D eigenvalue weighted by Crippen LogP contribution is 2.39. The third-order valence-electron chi connectivity index (χ3n) is 9.09. The van der Waals surface area contributed by atoms with Gasteiger partial charge in [-0.2, -0.15) is 0 Å². The van der Waals surface area contributed by atoms with Gasteiger partial charge in [0.25, 0.3) is 8.32 Å². The molecule has 42 heavy (non-hydrogen) atoms. The van der Waals surface area contributed by atoms with E-state index >= 15 is 0 Å². The van der Waals surface area contributed by atoms with Gasteiger partial charge in [0.1, 0.15) is 0 Å². The summed E-state index contributed by atoms with van der Waals surface area (Å²) in [6.07, 6.45) is 16.3. The summed E-state index contributed by atoms with van der Waals surface area (Å²) >= 11 is 0. The van der Waals surface area contributed by atoms with E-state index < -0.39 is 16.6 Å². The summed E-state index contributed by atoms with van der Waals surface area (Å²) in [6, 6.07) is 22.1. The van der Waals surface area contributed by atoms with E-state index in [0.29, 0.717) is 0 Å². The third kappa shape index (κ3) is 10.5. The minimum atomic E-state index is -2.60. The molecule has 1 atom stereocenters. The Kier molecular flexibility index (Phi) is 14.7. The molecule has 0 amide bonds. The fraction of sp³-hybridized carbons (Fsp3) is 0.579. The second-order valence-electron chi connectivity index (χ2n) is 14.5. The van der Waals surface area contributed by atoms with Crippen molar-refractivity contribution in [3.63, 3.8) is 0 Å². The lowest BCUT2D eigenvalue weighted by Gasteiger charge is -2.45. The van der Waals surface area contributed by atoms with E-state index in [0.717, 1.165) is 32.3 Å². The third-order valence-corrected chi connectivity index (χ3v) is 18.7. The van der Waals surface area contributed by atoms with Crippen molar-refractivity contribution in [2.24, 2.45) is 0 Å². The first-order valence-electron chi connectivity index (χ1n) is 16.5. The quantitative estimate of drug-likeness (QED) is 0.101. The first-order chi connectivity index (χ1) is 19.8. The van der Waals surface area contributed by atoms with Gasteiger partial charge in [-0.15, -0.1) is 0 Å². The van der Waals surface area contributed by atoms with E-state index in [2.05, 4.69) is 147 Å². The minimum Gasteiger partial charge on any atom is -0.417 e. The van der Waals surface area contributed by atoms with Crippen LogP contribution >= 0.6 is 0 Å². The first kappa shape index (κ1) is 36.5. The van der Waals surface area contributed by atoms with E-state index in [1.807, 2.05) is 0 Å². The fourth-order valence-corrected chi connectivity index (χ4v) is 11.2. The van der Waals surface area contributed by atoms with Crippen molar-refractivity contribution in [3.05, 3.63) is 84.5 Å². The van der Waals surface area contributed by atoms with Crippen molar-refractivity contribution in [2.45, 2.75) is 136 Å². The minimum absolute atomic E-state index is 0.0206. The van der Waals surface area contributed by atoms with Gasteiger partial charge in [-0.1, -0.05) is 147 Å². The second kappa shape index (κ2) is 16.9. The molecule has 0 aliphatic rings. The lowest BCUT2D eigenvalue weighted by molar-refractivity contribution is 0.207. The molecule has 2 nitrogen and oxygen atoms in total. The zero-order valence-electron chi connectivity index (χ0n) is 28.8. The van der Waals surface area contributed by atoms with Crippen LogP contribution in [0.15, 0.2) is 84.5 Å². The molecule has 0 N–H and O–H groups in total. The van der Waals surface area contributed by atoms with Gasteiger partial charge < -0.3 is 8.85 Å². The molecule has 0 radical (unpaired) electrons. The predicted octanol–water partition coefficient (Wildman–Crippen LogP) is 10.6. The number of rotatable bonds is 17. The van der Waals surface area contributed by atoms with Crippen LogP contribution in [0.2, 0.25) is 23.2 Å². The van der Waals surface area contributed by atoms with Crippen molar-refractivity contribution < 1.29 is 8.85 Å². The average molecular weight is 607 g/mol. The molecule has 0 spiro atoms. The molecule has 0 aromatic heterocycles.